The highest BCUT2D eigenvalue weighted by Crippen LogP contribution is 1.99. The molecule has 60 valence electrons. The third-order valence-electron chi connectivity index (χ3n) is 1.28. The van der Waals surface area contributed by atoms with Crippen LogP contribution in [0.3, 0.4) is 0 Å². The topological polar surface area (TPSA) is 26.3 Å². The maximum atomic E-state index is 11.1. The molecule has 0 radical (unpaired) electrons. The van der Waals surface area contributed by atoms with Crippen molar-refractivity contribution in [3.63, 3.8) is 0 Å². The van der Waals surface area contributed by atoms with Crippen molar-refractivity contribution in [2.24, 2.45) is 0 Å². The Morgan fingerprint density at radius 1 is 1.42 bits per heavy atom. The van der Waals surface area contributed by atoms with Crippen LogP contribution in [0.1, 0.15) is 10.4 Å². The van der Waals surface area contributed by atoms with E-state index in [2.05, 4.69) is 4.74 Å². The zero-order valence-electron chi connectivity index (χ0n) is 6.41. The van der Waals surface area contributed by atoms with Gasteiger partial charge in [0.1, 0.15) is 6.61 Å². The van der Waals surface area contributed by atoms with Crippen molar-refractivity contribution < 1.29 is 9.53 Å². The molecule has 0 unspecified atom stereocenters. The van der Waals surface area contributed by atoms with Crippen molar-refractivity contribution >= 4 is 5.97 Å². The van der Waals surface area contributed by atoms with Gasteiger partial charge in [0, 0.05) is 0 Å². The third-order valence-corrected chi connectivity index (χ3v) is 1.28. The normalized spacial score (nSPS) is 8.58. The minimum atomic E-state index is -0.421. The number of rotatable bonds is 2. The van der Waals surface area contributed by atoms with Crippen LogP contribution < -0.4 is 0 Å². The van der Waals surface area contributed by atoms with Gasteiger partial charge in [-0.05, 0) is 12.1 Å². The smallest absolute Gasteiger partial charge is 0.338 e. The number of carbonyl (C=O) groups is 1. The van der Waals surface area contributed by atoms with E-state index in [-0.39, 0.29) is 6.61 Å². The Labute approximate surface area is 71.2 Å². The number of esters is 1. The second-order valence-corrected chi connectivity index (χ2v) is 2.12. The van der Waals surface area contributed by atoms with Gasteiger partial charge in [0.2, 0.25) is 0 Å². The molecule has 2 heteroatoms. The quantitative estimate of drug-likeness (QED) is 0.370. The fraction of sp³-hybridized carbons (Fsp3) is 0.100. The van der Waals surface area contributed by atoms with Crippen LogP contribution >= 0.6 is 0 Å². The lowest BCUT2D eigenvalue weighted by atomic mass is 10.2. The molecular weight excluding hydrogens is 152 g/mol. The Balaban J connectivity index is 2.61. The van der Waals surface area contributed by atoms with Crippen LogP contribution in [0.4, 0.5) is 0 Å². The molecule has 0 saturated carbocycles. The Morgan fingerprint density at radius 3 is 2.67 bits per heavy atom. The number of hydrogen-bond acceptors (Lipinski definition) is 2. The van der Waals surface area contributed by atoms with Crippen molar-refractivity contribution in [3.8, 4) is 5.92 Å². The molecule has 0 spiro atoms. The summed E-state index contributed by atoms with van der Waals surface area (Å²) in [6.07, 6.45) is 6.53. The van der Waals surface area contributed by atoms with E-state index in [1.807, 2.05) is 12.0 Å². The molecule has 0 saturated heterocycles. The van der Waals surface area contributed by atoms with Gasteiger partial charge in [-0.25, -0.2) is 4.79 Å². The summed E-state index contributed by atoms with van der Waals surface area (Å²) in [6.45, 7) is -0.0896. The lowest BCUT2D eigenvalue weighted by molar-refractivity contribution is 0.0556. The summed E-state index contributed by atoms with van der Waals surface area (Å²) in [5.74, 6) is 1.55. The average molecular weight is 159 g/mol. The van der Waals surface area contributed by atoms with Gasteiger partial charge in [-0.3, -0.25) is 0 Å². The van der Waals surface area contributed by atoms with Gasteiger partial charge >= 0.3 is 5.97 Å². The number of carbonyl (C=O) groups excluding carboxylic acids is 1. The second-order valence-electron chi connectivity index (χ2n) is 2.12. The van der Waals surface area contributed by atoms with E-state index in [0.29, 0.717) is 5.56 Å². The summed E-state index contributed by atoms with van der Waals surface area (Å²) in [5, 5.41) is 0. The molecular formula is C10H7O2-. The van der Waals surface area contributed by atoms with E-state index in [4.69, 9.17) is 6.42 Å². The molecule has 0 aromatic heterocycles. The third kappa shape index (κ3) is 2.14. The monoisotopic (exact) mass is 159 g/mol. The Bertz CT molecular complexity index is 295. The summed E-state index contributed by atoms with van der Waals surface area (Å²) in [5.41, 5.74) is 0.493. The number of ether oxygens (including phenoxy) is 1. The zero-order chi connectivity index (χ0) is 8.81. The maximum Gasteiger partial charge on any atom is 0.338 e. The van der Waals surface area contributed by atoms with Crippen molar-refractivity contribution in [2.75, 3.05) is 6.61 Å². The van der Waals surface area contributed by atoms with Gasteiger partial charge in [-0.2, -0.15) is 0 Å². The van der Waals surface area contributed by atoms with Crippen LogP contribution in [-0.4, -0.2) is 12.6 Å². The van der Waals surface area contributed by atoms with Crippen LogP contribution in [0.25, 0.3) is 0 Å². The molecule has 0 bridgehead atoms. The first-order chi connectivity index (χ1) is 5.84. The first-order valence-electron chi connectivity index (χ1n) is 3.46. The van der Waals surface area contributed by atoms with Crippen molar-refractivity contribution in [1.29, 1.82) is 0 Å². The molecule has 0 amide bonds. The van der Waals surface area contributed by atoms with Gasteiger partial charge in [0.25, 0.3) is 0 Å². The van der Waals surface area contributed by atoms with Crippen LogP contribution in [0, 0.1) is 12.3 Å². The van der Waals surface area contributed by atoms with Gasteiger partial charge < -0.3 is 17.1 Å². The van der Waals surface area contributed by atoms with E-state index >= 15 is 0 Å². The van der Waals surface area contributed by atoms with Gasteiger partial charge in [-0.15, -0.1) is 0 Å². The maximum absolute atomic E-state index is 11.1. The van der Waals surface area contributed by atoms with E-state index in [0.717, 1.165) is 0 Å². The van der Waals surface area contributed by atoms with E-state index in [9.17, 15) is 4.79 Å². The fourth-order valence-electron chi connectivity index (χ4n) is 0.759. The van der Waals surface area contributed by atoms with E-state index in [1.54, 1.807) is 24.3 Å². The Hall–Kier alpha value is -1.75. The highest BCUT2D eigenvalue weighted by atomic mass is 16.5. The molecule has 0 heterocycles. The largest absolute Gasteiger partial charge is 0.690 e. The highest BCUT2D eigenvalue weighted by molar-refractivity contribution is 5.89. The average Bonchev–Trinajstić information content (AvgIpc) is 2.15. The summed E-state index contributed by atoms with van der Waals surface area (Å²) < 4.78 is 4.64. The van der Waals surface area contributed by atoms with E-state index < -0.39 is 5.97 Å². The molecule has 1 aromatic carbocycles. The van der Waals surface area contributed by atoms with Gasteiger partial charge in [0.15, 0.2) is 0 Å². The number of hydrogen-bond donors (Lipinski definition) is 0. The van der Waals surface area contributed by atoms with Crippen LogP contribution in [-0.2, 0) is 4.74 Å². The summed E-state index contributed by atoms with van der Waals surface area (Å²) >= 11 is 0. The van der Waals surface area contributed by atoms with E-state index in [1.165, 1.54) is 0 Å². The summed E-state index contributed by atoms with van der Waals surface area (Å²) in [6, 6.07) is 8.65. The molecule has 0 aliphatic carbocycles. The predicted octanol–water partition coefficient (Wildman–Crippen LogP) is 1.43. The van der Waals surface area contributed by atoms with Crippen LogP contribution in [0.2, 0.25) is 0 Å². The van der Waals surface area contributed by atoms with Crippen molar-refractivity contribution in [3.05, 3.63) is 42.3 Å². The molecule has 0 aliphatic rings. The molecule has 0 N–H and O–H groups in total. The van der Waals surface area contributed by atoms with Crippen LogP contribution in [0.15, 0.2) is 30.3 Å². The molecule has 1 aromatic rings. The molecule has 0 atom stereocenters. The first-order valence-corrected chi connectivity index (χ1v) is 3.46. The molecule has 2 nitrogen and oxygen atoms in total. The standard InChI is InChI=1S/C10H7O2/c1-2-8-12-10(11)9-6-4-3-5-7-9/h3-7H,8H2/q-1. The minimum Gasteiger partial charge on any atom is -0.690 e. The Morgan fingerprint density at radius 2 is 2.08 bits per heavy atom. The molecule has 1 rings (SSSR count). The minimum absolute atomic E-state index is 0.0896. The van der Waals surface area contributed by atoms with Crippen LogP contribution in [0.5, 0.6) is 0 Å². The zero-order valence-corrected chi connectivity index (χ0v) is 6.41. The summed E-state index contributed by atoms with van der Waals surface area (Å²) in [7, 11) is 0. The summed E-state index contributed by atoms with van der Waals surface area (Å²) in [4.78, 5) is 11.1. The second kappa shape index (κ2) is 4.20. The fourth-order valence-corrected chi connectivity index (χ4v) is 0.759. The number of benzene rings is 1. The SMILES string of the molecule is [C-]#CCOC(=O)c1ccccc1. The molecule has 12 heavy (non-hydrogen) atoms. The molecule has 0 aliphatic heterocycles. The van der Waals surface area contributed by atoms with Crippen molar-refractivity contribution in [2.45, 2.75) is 0 Å². The van der Waals surface area contributed by atoms with Gasteiger partial charge in [-0.1, -0.05) is 18.2 Å². The highest BCUT2D eigenvalue weighted by Gasteiger charge is 2.02. The Kier molecular flexibility index (Phi) is 2.92. The predicted molar refractivity (Wildman–Crippen MR) is 43.9 cm³/mol. The van der Waals surface area contributed by atoms with Gasteiger partial charge in [0.05, 0.1) is 5.56 Å². The van der Waals surface area contributed by atoms with Crippen molar-refractivity contribution in [1.82, 2.24) is 0 Å². The molecule has 0 fully saturated rings. The lowest BCUT2D eigenvalue weighted by Crippen LogP contribution is -2.04. The lowest BCUT2D eigenvalue weighted by Gasteiger charge is -2.00. The first kappa shape index (κ1) is 8.35.